The molecule has 0 aliphatic heterocycles. The molecule has 0 aliphatic carbocycles. The summed E-state index contributed by atoms with van der Waals surface area (Å²) in [5.74, 6) is 0. The summed E-state index contributed by atoms with van der Waals surface area (Å²) in [5, 5.41) is 0. The third-order valence-corrected chi connectivity index (χ3v) is 0. The summed E-state index contributed by atoms with van der Waals surface area (Å²) in [7, 11) is 0. The SMILES string of the molecule is S.[InH3].[MgH+].[SH-]. The molecule has 0 radical (unpaired) electrons. The topological polar surface area (TPSA) is 0 Å². The molecule has 0 unspecified atom stereocenters. The van der Waals surface area contributed by atoms with Crippen LogP contribution in [0.2, 0.25) is 0 Å². The van der Waals surface area contributed by atoms with Gasteiger partial charge in [-0.3, -0.25) is 0 Å². The van der Waals surface area contributed by atoms with E-state index in [0.717, 1.165) is 0 Å². The molecular formula is H7InMgS2. The Morgan fingerprint density at radius 3 is 1.00 bits per heavy atom. The first kappa shape index (κ1) is 33.1. The van der Waals surface area contributed by atoms with Gasteiger partial charge in [0, 0.05) is 0 Å². The summed E-state index contributed by atoms with van der Waals surface area (Å²) in [6.45, 7) is 0. The van der Waals surface area contributed by atoms with E-state index in [1.54, 1.807) is 0 Å². The van der Waals surface area contributed by atoms with E-state index in [0.29, 0.717) is 0 Å². The minimum Gasteiger partial charge on any atom is -0.813 e. The summed E-state index contributed by atoms with van der Waals surface area (Å²) in [6.07, 6.45) is 0. The predicted octanol–water partition coefficient (Wildman–Crippen LogP) is -1.99. The Bertz CT molecular complexity index is 6.00. The first-order chi connectivity index (χ1) is 0. The second-order valence-electron chi connectivity index (χ2n) is 0. The summed E-state index contributed by atoms with van der Waals surface area (Å²) < 4.78 is 0. The maximum absolute atomic E-state index is 0. The minimum atomic E-state index is 0. The molecule has 0 N–H and O–H groups in total. The molecule has 0 heterocycles. The van der Waals surface area contributed by atoms with Gasteiger partial charge in [0.05, 0.1) is 0 Å². The molecular weight excluding hydrogens is 203 g/mol. The molecule has 0 spiro atoms. The van der Waals surface area contributed by atoms with E-state index in [9.17, 15) is 0 Å². The standard InChI is InChI=1S/In.Mg.2H2S.4H/h;;2*1H2;;;;/q;+1;;;;;;/p-1. The van der Waals surface area contributed by atoms with Crippen LogP contribution in [0.5, 0.6) is 0 Å². The van der Waals surface area contributed by atoms with Gasteiger partial charge in [-0.2, -0.15) is 13.5 Å². The van der Waals surface area contributed by atoms with Crippen molar-refractivity contribution in [3.63, 3.8) is 0 Å². The van der Waals surface area contributed by atoms with Crippen molar-refractivity contribution in [1.29, 1.82) is 0 Å². The van der Waals surface area contributed by atoms with Crippen LogP contribution < -0.4 is 0 Å². The second kappa shape index (κ2) is 18.4. The van der Waals surface area contributed by atoms with Crippen molar-refractivity contribution in [1.82, 2.24) is 0 Å². The Labute approximate surface area is 74.9 Å². The van der Waals surface area contributed by atoms with Crippen LogP contribution in [-0.2, 0) is 13.5 Å². The van der Waals surface area contributed by atoms with Crippen LogP contribution in [-0.4, -0.2) is 48.9 Å². The molecule has 0 aromatic carbocycles. The van der Waals surface area contributed by atoms with Crippen molar-refractivity contribution >= 4 is 75.9 Å². The van der Waals surface area contributed by atoms with Crippen LogP contribution in [0.15, 0.2) is 0 Å². The van der Waals surface area contributed by atoms with Gasteiger partial charge in [0.15, 0.2) is 0 Å². The Kier molecular flexibility index (Phi) is 152. The molecule has 4 heteroatoms. The van der Waals surface area contributed by atoms with Gasteiger partial charge in [-0.1, -0.05) is 0 Å². The minimum absolute atomic E-state index is 0. The smallest absolute Gasteiger partial charge is 0.813 e. The quantitative estimate of drug-likeness (QED) is 0.253. The van der Waals surface area contributed by atoms with Crippen LogP contribution in [0.4, 0.5) is 0 Å². The second-order valence-corrected chi connectivity index (χ2v) is 0. The number of thiol groups is 1. The first-order valence-electron chi connectivity index (χ1n) is 0. The van der Waals surface area contributed by atoms with Crippen LogP contribution in [0.3, 0.4) is 0 Å². The van der Waals surface area contributed by atoms with Gasteiger partial charge in [0.25, 0.3) is 0 Å². The Balaban J connectivity index is 0. The largest absolute Gasteiger partial charge is 0.813 e. The molecule has 0 saturated carbocycles. The van der Waals surface area contributed by atoms with Crippen molar-refractivity contribution in [2.75, 3.05) is 0 Å². The van der Waals surface area contributed by atoms with E-state index in [1.807, 2.05) is 0 Å². The Morgan fingerprint density at radius 1 is 1.00 bits per heavy atom. The van der Waals surface area contributed by atoms with E-state index in [-0.39, 0.29) is 75.9 Å². The number of rotatable bonds is 0. The maximum Gasteiger partial charge on any atom is -0.813 e. The normalized spacial score (nSPS) is 0. The molecule has 0 amide bonds. The van der Waals surface area contributed by atoms with Crippen molar-refractivity contribution in [2.45, 2.75) is 0 Å². The van der Waals surface area contributed by atoms with Crippen LogP contribution >= 0.6 is 13.5 Å². The molecule has 0 aliphatic rings. The summed E-state index contributed by atoms with van der Waals surface area (Å²) in [4.78, 5) is 0. The zero-order chi connectivity index (χ0) is 0. The van der Waals surface area contributed by atoms with Gasteiger partial charge in [0.1, 0.15) is 0 Å². The van der Waals surface area contributed by atoms with Gasteiger partial charge < -0.3 is 13.5 Å². The van der Waals surface area contributed by atoms with Gasteiger partial charge in [-0.25, -0.2) is 0 Å². The zero-order valence-corrected chi connectivity index (χ0v) is 5.84. The molecule has 0 atom stereocenters. The van der Waals surface area contributed by atoms with E-state index in [2.05, 4.69) is 0 Å². The van der Waals surface area contributed by atoms with E-state index >= 15 is 0 Å². The molecule has 0 rings (SSSR count). The first-order valence-corrected chi connectivity index (χ1v) is 0. The third kappa shape index (κ3) is 8.84. The van der Waals surface area contributed by atoms with E-state index < -0.39 is 0 Å². The van der Waals surface area contributed by atoms with Crippen LogP contribution in [0.25, 0.3) is 0 Å². The van der Waals surface area contributed by atoms with Crippen molar-refractivity contribution < 1.29 is 0 Å². The molecule has 0 bridgehead atoms. The van der Waals surface area contributed by atoms with Crippen LogP contribution in [0.1, 0.15) is 0 Å². The average molecular weight is 210 g/mol. The molecule has 0 fully saturated rings. The molecule has 0 aromatic rings. The van der Waals surface area contributed by atoms with Gasteiger partial charge in [-0.05, 0) is 0 Å². The zero-order valence-electron chi connectivity index (χ0n) is 1.95. The molecule has 24 valence electrons. The molecule has 0 nitrogen and oxygen atoms in total. The van der Waals surface area contributed by atoms with E-state index in [4.69, 9.17) is 0 Å². The fourth-order valence-corrected chi connectivity index (χ4v) is 0. The third-order valence-electron chi connectivity index (χ3n) is 0. The van der Waals surface area contributed by atoms with Crippen molar-refractivity contribution in [3.8, 4) is 0 Å². The van der Waals surface area contributed by atoms with Crippen molar-refractivity contribution in [2.24, 2.45) is 0 Å². The predicted molar refractivity (Wildman–Crippen MR) is 36.2 cm³/mol. The number of hydrogen-bond acceptors (Lipinski definition) is 1. The average Bonchev–Trinajstić information content (AvgIpc) is 0. The van der Waals surface area contributed by atoms with Gasteiger partial charge in [0.2, 0.25) is 0 Å². The number of hydrogen-bond donors (Lipinski definition) is 0. The summed E-state index contributed by atoms with van der Waals surface area (Å²) >= 11 is 0. The Hall–Kier alpha value is 2.34. The van der Waals surface area contributed by atoms with Gasteiger partial charge >= 0.3 is 48.9 Å². The van der Waals surface area contributed by atoms with E-state index in [1.165, 1.54) is 0 Å². The maximum atomic E-state index is 0. The monoisotopic (exact) mass is 210 g/mol. The molecule has 0 saturated heterocycles. The summed E-state index contributed by atoms with van der Waals surface area (Å²) in [6, 6.07) is 0. The fraction of sp³-hybridized carbons (Fsp3) is 0. The molecule has 4 heavy (non-hydrogen) atoms. The van der Waals surface area contributed by atoms with Crippen LogP contribution in [0, 0.1) is 0 Å². The molecule has 0 aromatic heterocycles. The Morgan fingerprint density at radius 2 is 1.00 bits per heavy atom. The van der Waals surface area contributed by atoms with Crippen molar-refractivity contribution in [3.05, 3.63) is 0 Å². The fourth-order valence-electron chi connectivity index (χ4n) is 0. The summed E-state index contributed by atoms with van der Waals surface area (Å²) in [5.41, 5.74) is 0. The van der Waals surface area contributed by atoms with Gasteiger partial charge in [-0.15, -0.1) is 0 Å².